The van der Waals surface area contributed by atoms with Gasteiger partial charge in [-0.1, -0.05) is 34.1 Å². The zero-order chi connectivity index (χ0) is 12.1. The average molecular weight is 227 g/mol. The summed E-state index contributed by atoms with van der Waals surface area (Å²) in [5.41, 5.74) is 0. The van der Waals surface area contributed by atoms with Gasteiger partial charge in [0.25, 0.3) is 0 Å². The molecule has 0 aromatic heterocycles. The number of aliphatic hydroxyl groups is 1. The Morgan fingerprint density at radius 2 is 1.94 bits per heavy atom. The van der Waals surface area contributed by atoms with Gasteiger partial charge in [-0.05, 0) is 37.0 Å². The van der Waals surface area contributed by atoms with Crippen LogP contribution in [0.5, 0.6) is 0 Å². The Morgan fingerprint density at radius 1 is 1.25 bits per heavy atom. The highest BCUT2D eigenvalue weighted by Gasteiger charge is 2.27. The molecule has 1 saturated carbocycles. The molecule has 0 heterocycles. The molecule has 2 N–H and O–H groups in total. The van der Waals surface area contributed by atoms with Gasteiger partial charge in [0.1, 0.15) is 0 Å². The van der Waals surface area contributed by atoms with Crippen LogP contribution in [0, 0.1) is 17.8 Å². The minimum absolute atomic E-state index is 0.298. The highest BCUT2D eigenvalue weighted by atomic mass is 16.3. The zero-order valence-corrected chi connectivity index (χ0v) is 11.4. The van der Waals surface area contributed by atoms with Crippen LogP contribution >= 0.6 is 0 Å². The number of hydrogen-bond donors (Lipinski definition) is 2. The van der Waals surface area contributed by atoms with Crippen molar-refractivity contribution in [1.82, 2.24) is 5.32 Å². The summed E-state index contributed by atoms with van der Waals surface area (Å²) in [5, 5.41) is 12.9. The van der Waals surface area contributed by atoms with Crippen LogP contribution in [0.2, 0.25) is 0 Å². The molecule has 1 fully saturated rings. The van der Waals surface area contributed by atoms with Crippen molar-refractivity contribution in [2.24, 2.45) is 17.8 Å². The number of nitrogens with one attached hydrogen (secondary N) is 1. The predicted octanol–water partition coefficient (Wildman–Crippen LogP) is 2.81. The summed E-state index contributed by atoms with van der Waals surface area (Å²) in [6.07, 6.45) is 4.92. The standard InChI is InChI=1S/C14H29NO/c1-10(2)13(7-8-16)15-14-9-11(3)5-6-12(14)4/h10-16H,5-9H2,1-4H3. The van der Waals surface area contributed by atoms with Gasteiger partial charge in [-0.3, -0.25) is 0 Å². The molecule has 1 aliphatic rings. The van der Waals surface area contributed by atoms with Gasteiger partial charge in [0, 0.05) is 18.7 Å². The van der Waals surface area contributed by atoms with Crippen molar-refractivity contribution in [2.75, 3.05) is 6.61 Å². The summed E-state index contributed by atoms with van der Waals surface area (Å²) in [6.45, 7) is 9.50. The summed E-state index contributed by atoms with van der Waals surface area (Å²) in [6, 6.07) is 1.13. The summed E-state index contributed by atoms with van der Waals surface area (Å²) in [5.74, 6) is 2.25. The number of hydrogen-bond acceptors (Lipinski definition) is 2. The van der Waals surface area contributed by atoms with Crippen molar-refractivity contribution in [3.8, 4) is 0 Å². The van der Waals surface area contributed by atoms with E-state index in [1.807, 2.05) is 0 Å². The molecule has 96 valence electrons. The SMILES string of the molecule is CC1CCC(C)C(NC(CCO)C(C)C)C1. The maximum atomic E-state index is 9.09. The van der Waals surface area contributed by atoms with Crippen LogP contribution in [0.15, 0.2) is 0 Å². The van der Waals surface area contributed by atoms with Crippen LogP contribution in [0.4, 0.5) is 0 Å². The van der Waals surface area contributed by atoms with Crippen LogP contribution in [0.3, 0.4) is 0 Å². The third kappa shape index (κ3) is 4.06. The third-order valence-electron chi connectivity index (χ3n) is 4.13. The first kappa shape index (κ1) is 14.0. The van der Waals surface area contributed by atoms with Gasteiger partial charge >= 0.3 is 0 Å². The molecule has 0 spiro atoms. The van der Waals surface area contributed by atoms with E-state index in [1.165, 1.54) is 19.3 Å². The highest BCUT2D eigenvalue weighted by Crippen LogP contribution is 2.29. The van der Waals surface area contributed by atoms with E-state index in [0.717, 1.165) is 18.3 Å². The lowest BCUT2D eigenvalue weighted by Gasteiger charge is -2.37. The van der Waals surface area contributed by atoms with E-state index in [1.54, 1.807) is 0 Å². The largest absolute Gasteiger partial charge is 0.396 e. The lowest BCUT2D eigenvalue weighted by molar-refractivity contribution is 0.177. The van der Waals surface area contributed by atoms with E-state index < -0.39 is 0 Å². The van der Waals surface area contributed by atoms with Crippen LogP contribution in [-0.4, -0.2) is 23.8 Å². The van der Waals surface area contributed by atoms with Crippen LogP contribution in [-0.2, 0) is 0 Å². The van der Waals surface area contributed by atoms with E-state index in [9.17, 15) is 0 Å². The van der Waals surface area contributed by atoms with E-state index in [2.05, 4.69) is 33.0 Å². The molecule has 16 heavy (non-hydrogen) atoms. The third-order valence-corrected chi connectivity index (χ3v) is 4.13. The molecule has 2 heteroatoms. The van der Waals surface area contributed by atoms with E-state index >= 15 is 0 Å². The molecule has 2 nitrogen and oxygen atoms in total. The fraction of sp³-hybridized carbons (Fsp3) is 1.00. The molecule has 0 radical (unpaired) electrons. The number of rotatable bonds is 5. The minimum atomic E-state index is 0.298. The quantitative estimate of drug-likeness (QED) is 0.757. The van der Waals surface area contributed by atoms with Crippen LogP contribution in [0.1, 0.15) is 53.4 Å². The summed E-state index contributed by atoms with van der Waals surface area (Å²) in [7, 11) is 0. The Hall–Kier alpha value is -0.0800. The molecule has 1 rings (SSSR count). The first-order valence-corrected chi connectivity index (χ1v) is 6.91. The molecule has 4 unspecified atom stereocenters. The predicted molar refractivity (Wildman–Crippen MR) is 69.4 cm³/mol. The van der Waals surface area contributed by atoms with Gasteiger partial charge < -0.3 is 10.4 Å². The lowest BCUT2D eigenvalue weighted by Crippen LogP contribution is -2.47. The van der Waals surface area contributed by atoms with Gasteiger partial charge in [0.05, 0.1) is 0 Å². The van der Waals surface area contributed by atoms with Crippen molar-refractivity contribution in [3.63, 3.8) is 0 Å². The van der Waals surface area contributed by atoms with Crippen molar-refractivity contribution in [2.45, 2.75) is 65.5 Å². The molecular formula is C14H29NO. The lowest BCUT2D eigenvalue weighted by atomic mass is 9.79. The van der Waals surface area contributed by atoms with Crippen LogP contribution in [0.25, 0.3) is 0 Å². The van der Waals surface area contributed by atoms with E-state index in [4.69, 9.17) is 5.11 Å². The van der Waals surface area contributed by atoms with Gasteiger partial charge in [-0.25, -0.2) is 0 Å². The molecule has 0 amide bonds. The van der Waals surface area contributed by atoms with Crippen molar-refractivity contribution < 1.29 is 5.11 Å². The molecule has 0 aromatic rings. The van der Waals surface area contributed by atoms with Gasteiger partial charge in [0.2, 0.25) is 0 Å². The second kappa shape index (κ2) is 6.61. The maximum Gasteiger partial charge on any atom is 0.0445 e. The summed E-state index contributed by atoms with van der Waals surface area (Å²) < 4.78 is 0. The molecule has 0 aliphatic heterocycles. The van der Waals surface area contributed by atoms with Crippen molar-refractivity contribution in [3.05, 3.63) is 0 Å². The molecule has 1 aliphatic carbocycles. The minimum Gasteiger partial charge on any atom is -0.396 e. The van der Waals surface area contributed by atoms with E-state index in [0.29, 0.717) is 24.6 Å². The molecule has 0 aromatic carbocycles. The Kier molecular flexibility index (Phi) is 5.77. The summed E-state index contributed by atoms with van der Waals surface area (Å²) in [4.78, 5) is 0. The topological polar surface area (TPSA) is 32.3 Å². The number of aliphatic hydroxyl groups excluding tert-OH is 1. The molecule has 0 bridgehead atoms. The normalized spacial score (nSPS) is 33.0. The van der Waals surface area contributed by atoms with Gasteiger partial charge in [-0.15, -0.1) is 0 Å². The molecule has 4 atom stereocenters. The molecular weight excluding hydrogens is 198 g/mol. The second-order valence-corrected chi connectivity index (χ2v) is 6.03. The van der Waals surface area contributed by atoms with Crippen LogP contribution < -0.4 is 5.32 Å². The van der Waals surface area contributed by atoms with Gasteiger partial charge in [0.15, 0.2) is 0 Å². The Labute approximate surface area is 101 Å². The molecule has 0 saturated heterocycles. The second-order valence-electron chi connectivity index (χ2n) is 6.03. The Balaban J connectivity index is 2.48. The first-order valence-electron chi connectivity index (χ1n) is 6.91. The van der Waals surface area contributed by atoms with Crippen molar-refractivity contribution >= 4 is 0 Å². The first-order chi connectivity index (χ1) is 7.54. The summed E-state index contributed by atoms with van der Waals surface area (Å²) >= 11 is 0. The fourth-order valence-corrected chi connectivity index (χ4v) is 2.79. The maximum absolute atomic E-state index is 9.09. The van der Waals surface area contributed by atoms with Crippen molar-refractivity contribution in [1.29, 1.82) is 0 Å². The van der Waals surface area contributed by atoms with E-state index in [-0.39, 0.29) is 0 Å². The zero-order valence-electron chi connectivity index (χ0n) is 11.4. The van der Waals surface area contributed by atoms with Gasteiger partial charge in [-0.2, -0.15) is 0 Å². The monoisotopic (exact) mass is 227 g/mol. The Bertz CT molecular complexity index is 193. The highest BCUT2D eigenvalue weighted by molar-refractivity contribution is 4.85. The average Bonchev–Trinajstić information content (AvgIpc) is 2.22. The smallest absolute Gasteiger partial charge is 0.0445 e. The Morgan fingerprint density at radius 3 is 2.50 bits per heavy atom. The fourth-order valence-electron chi connectivity index (χ4n) is 2.79.